The number of nitrogens with zero attached hydrogens (tertiary/aromatic N) is 3. The van der Waals surface area contributed by atoms with Gasteiger partial charge in [0, 0.05) is 54.0 Å². The van der Waals surface area contributed by atoms with Crippen molar-refractivity contribution in [3.05, 3.63) is 45.7 Å². The van der Waals surface area contributed by atoms with Crippen molar-refractivity contribution < 1.29 is 4.74 Å². The van der Waals surface area contributed by atoms with Crippen LogP contribution in [0.25, 0.3) is 0 Å². The Labute approximate surface area is 145 Å². The highest BCUT2D eigenvalue weighted by atomic mass is 35.5. The van der Waals surface area contributed by atoms with Gasteiger partial charge in [0.1, 0.15) is 0 Å². The van der Waals surface area contributed by atoms with Crippen LogP contribution in [0.5, 0.6) is 0 Å². The van der Waals surface area contributed by atoms with Crippen molar-refractivity contribution in [1.29, 1.82) is 0 Å². The highest BCUT2D eigenvalue weighted by Crippen LogP contribution is 2.24. The molecule has 1 aromatic heterocycles. The maximum Gasteiger partial charge on any atom is 0.0839 e. The van der Waals surface area contributed by atoms with Crippen molar-refractivity contribution in [2.75, 3.05) is 19.8 Å². The zero-order valence-corrected chi connectivity index (χ0v) is 14.4. The molecule has 0 aliphatic carbocycles. The van der Waals surface area contributed by atoms with Gasteiger partial charge >= 0.3 is 0 Å². The Morgan fingerprint density at radius 2 is 1.96 bits per heavy atom. The Balaban J connectivity index is 1.51. The van der Waals surface area contributed by atoms with E-state index in [4.69, 9.17) is 27.9 Å². The Bertz CT molecular complexity index is 621. The van der Waals surface area contributed by atoms with E-state index >= 15 is 0 Å². The average Bonchev–Trinajstić information content (AvgIpc) is 3.00. The van der Waals surface area contributed by atoms with Crippen LogP contribution in [0.2, 0.25) is 10.0 Å². The Kier molecular flexibility index (Phi) is 5.89. The first kappa shape index (κ1) is 16.7. The van der Waals surface area contributed by atoms with Gasteiger partial charge in [-0.1, -0.05) is 34.5 Å². The fourth-order valence-electron chi connectivity index (χ4n) is 2.68. The first-order valence-electron chi connectivity index (χ1n) is 7.85. The van der Waals surface area contributed by atoms with Crippen LogP contribution in [0.1, 0.15) is 24.1 Å². The molecule has 1 N–H and O–H groups in total. The number of halogens is 2. The van der Waals surface area contributed by atoms with Crippen molar-refractivity contribution in [1.82, 2.24) is 20.3 Å². The van der Waals surface area contributed by atoms with Gasteiger partial charge in [0.2, 0.25) is 0 Å². The molecule has 1 saturated heterocycles. The van der Waals surface area contributed by atoms with Crippen LogP contribution < -0.4 is 5.32 Å². The molecule has 0 radical (unpaired) electrons. The summed E-state index contributed by atoms with van der Waals surface area (Å²) in [7, 11) is 0. The van der Waals surface area contributed by atoms with Gasteiger partial charge in [-0.3, -0.25) is 0 Å². The molecule has 5 nitrogen and oxygen atoms in total. The number of rotatable bonds is 6. The summed E-state index contributed by atoms with van der Waals surface area (Å²) in [4.78, 5) is 0. The predicted molar refractivity (Wildman–Crippen MR) is 91.1 cm³/mol. The molecule has 0 bridgehead atoms. The minimum Gasteiger partial charge on any atom is -0.381 e. The number of ether oxygens (including phenoxy) is 1. The fraction of sp³-hybridized carbons (Fsp3) is 0.500. The molecule has 1 aliphatic heterocycles. The van der Waals surface area contributed by atoms with Gasteiger partial charge in [-0.25, -0.2) is 4.68 Å². The van der Waals surface area contributed by atoms with E-state index in [1.807, 2.05) is 24.4 Å². The van der Waals surface area contributed by atoms with Crippen LogP contribution in [0, 0.1) is 0 Å². The molecule has 0 saturated carbocycles. The van der Waals surface area contributed by atoms with E-state index in [9.17, 15) is 0 Å². The van der Waals surface area contributed by atoms with E-state index in [1.54, 1.807) is 4.68 Å². The van der Waals surface area contributed by atoms with Gasteiger partial charge in [-0.05, 0) is 25.0 Å². The second-order valence-electron chi connectivity index (χ2n) is 5.70. The third-order valence-corrected chi connectivity index (χ3v) is 4.71. The summed E-state index contributed by atoms with van der Waals surface area (Å²) in [6.45, 7) is 3.13. The predicted octanol–water partition coefficient (Wildman–Crippen LogP) is 2.94. The summed E-state index contributed by atoms with van der Waals surface area (Å²) in [6, 6.07) is 6.06. The van der Waals surface area contributed by atoms with E-state index < -0.39 is 0 Å². The van der Waals surface area contributed by atoms with E-state index in [1.165, 1.54) is 0 Å². The van der Waals surface area contributed by atoms with Gasteiger partial charge in [-0.2, -0.15) is 0 Å². The number of hydrogen-bond donors (Lipinski definition) is 1. The first-order valence-corrected chi connectivity index (χ1v) is 8.61. The second kappa shape index (κ2) is 8.11. The van der Waals surface area contributed by atoms with Gasteiger partial charge in [0.25, 0.3) is 0 Å². The maximum absolute atomic E-state index is 6.19. The smallest absolute Gasteiger partial charge is 0.0839 e. The Morgan fingerprint density at radius 1 is 1.22 bits per heavy atom. The Hall–Kier alpha value is -1.14. The fourth-order valence-corrected chi connectivity index (χ4v) is 3.20. The standard InChI is InChI=1S/C16H20Cl2N4O/c17-15-2-1-3-16(18)14(15)11-22-10-13(20-21-22)4-7-19-12-5-8-23-9-6-12/h1-3,10,12,19H,4-9,11H2. The van der Waals surface area contributed by atoms with Crippen LogP contribution in [0.3, 0.4) is 0 Å². The lowest BCUT2D eigenvalue weighted by atomic mass is 10.1. The number of benzene rings is 1. The summed E-state index contributed by atoms with van der Waals surface area (Å²) in [5.41, 5.74) is 1.83. The van der Waals surface area contributed by atoms with Crippen LogP contribution in [0.15, 0.2) is 24.4 Å². The molecule has 7 heteroatoms. The molecule has 0 spiro atoms. The first-order chi connectivity index (χ1) is 11.2. The quantitative estimate of drug-likeness (QED) is 0.866. The molecular weight excluding hydrogens is 335 g/mol. The van der Waals surface area contributed by atoms with Crippen LogP contribution >= 0.6 is 23.2 Å². The number of aromatic nitrogens is 3. The summed E-state index contributed by atoms with van der Waals surface area (Å²) in [5.74, 6) is 0. The van der Waals surface area contributed by atoms with Gasteiger partial charge < -0.3 is 10.1 Å². The largest absolute Gasteiger partial charge is 0.381 e. The van der Waals surface area contributed by atoms with Crippen LogP contribution in [-0.2, 0) is 17.7 Å². The van der Waals surface area contributed by atoms with Gasteiger partial charge in [0.05, 0.1) is 12.2 Å². The lowest BCUT2D eigenvalue weighted by Crippen LogP contribution is -2.35. The summed E-state index contributed by atoms with van der Waals surface area (Å²) in [6.07, 6.45) is 4.97. The molecule has 124 valence electrons. The lowest BCUT2D eigenvalue weighted by Gasteiger charge is -2.22. The van der Waals surface area contributed by atoms with E-state index in [2.05, 4.69) is 15.6 Å². The molecule has 1 aliphatic rings. The number of nitrogens with one attached hydrogen (secondary N) is 1. The van der Waals surface area contributed by atoms with Crippen molar-refractivity contribution in [2.24, 2.45) is 0 Å². The molecule has 2 heterocycles. The molecule has 1 aromatic carbocycles. The zero-order valence-electron chi connectivity index (χ0n) is 12.8. The van der Waals surface area contributed by atoms with Crippen molar-refractivity contribution in [3.8, 4) is 0 Å². The van der Waals surface area contributed by atoms with E-state index in [0.29, 0.717) is 22.6 Å². The molecule has 2 aromatic rings. The molecule has 3 rings (SSSR count). The summed E-state index contributed by atoms with van der Waals surface area (Å²) < 4.78 is 7.13. The normalized spacial score (nSPS) is 15.9. The highest BCUT2D eigenvalue weighted by Gasteiger charge is 2.13. The second-order valence-corrected chi connectivity index (χ2v) is 6.51. The van der Waals surface area contributed by atoms with Crippen molar-refractivity contribution >= 4 is 23.2 Å². The Morgan fingerprint density at radius 3 is 2.70 bits per heavy atom. The van der Waals surface area contributed by atoms with Crippen LogP contribution in [-0.4, -0.2) is 40.8 Å². The number of hydrogen-bond acceptors (Lipinski definition) is 4. The molecule has 0 amide bonds. The minimum absolute atomic E-state index is 0.527. The summed E-state index contributed by atoms with van der Waals surface area (Å²) in [5, 5.41) is 13.2. The SMILES string of the molecule is Clc1cccc(Cl)c1Cn1cc(CCNC2CCOCC2)nn1. The minimum atomic E-state index is 0.527. The van der Waals surface area contributed by atoms with Gasteiger partial charge in [0.15, 0.2) is 0 Å². The monoisotopic (exact) mass is 354 g/mol. The molecular formula is C16H20Cl2N4O. The molecule has 23 heavy (non-hydrogen) atoms. The highest BCUT2D eigenvalue weighted by molar-refractivity contribution is 6.35. The average molecular weight is 355 g/mol. The molecule has 0 atom stereocenters. The van der Waals surface area contributed by atoms with Crippen molar-refractivity contribution in [3.63, 3.8) is 0 Å². The summed E-state index contributed by atoms with van der Waals surface area (Å²) >= 11 is 12.4. The molecule has 0 unspecified atom stereocenters. The zero-order chi connectivity index (χ0) is 16.1. The van der Waals surface area contributed by atoms with E-state index in [0.717, 1.165) is 50.3 Å². The van der Waals surface area contributed by atoms with Crippen LogP contribution in [0.4, 0.5) is 0 Å². The molecule has 1 fully saturated rings. The third kappa shape index (κ3) is 4.67. The maximum atomic E-state index is 6.19. The van der Waals surface area contributed by atoms with Gasteiger partial charge in [-0.15, -0.1) is 5.10 Å². The third-order valence-electron chi connectivity index (χ3n) is 4.00. The van der Waals surface area contributed by atoms with Crippen molar-refractivity contribution in [2.45, 2.75) is 31.8 Å². The topological polar surface area (TPSA) is 52.0 Å². The van der Waals surface area contributed by atoms with E-state index in [-0.39, 0.29) is 0 Å². The lowest BCUT2D eigenvalue weighted by molar-refractivity contribution is 0.0782.